The standard InChI is InChI=1S/C34H30N4O4/c1-23-21-27(34(40)37-29-10-12-30(13-11-29)38-17-19-41-20-18-38)7-14-31(23)25-3-2-4-26(22-25)33(39)36-28-8-5-24(6-9-28)32-15-16-35-42-32/h2-16,21-22H,17-20H2,1H3,(H,36,39)(H,37,40). The third-order valence-electron chi connectivity index (χ3n) is 7.29. The van der Waals surface area contributed by atoms with Crippen molar-refractivity contribution in [3.8, 4) is 22.5 Å². The van der Waals surface area contributed by atoms with Crippen molar-refractivity contribution < 1.29 is 18.8 Å². The molecule has 2 N–H and O–H groups in total. The Morgan fingerprint density at radius 3 is 2.05 bits per heavy atom. The predicted octanol–water partition coefficient (Wildman–Crippen LogP) is 6.66. The second-order valence-electron chi connectivity index (χ2n) is 10.1. The van der Waals surface area contributed by atoms with E-state index in [1.54, 1.807) is 18.3 Å². The Morgan fingerprint density at radius 1 is 0.738 bits per heavy atom. The Kier molecular flexibility index (Phi) is 7.79. The molecule has 2 amide bonds. The van der Waals surface area contributed by atoms with Crippen molar-refractivity contribution in [1.82, 2.24) is 5.16 Å². The number of amides is 2. The summed E-state index contributed by atoms with van der Waals surface area (Å²) < 4.78 is 10.6. The minimum Gasteiger partial charge on any atom is -0.378 e. The van der Waals surface area contributed by atoms with Crippen molar-refractivity contribution in [2.24, 2.45) is 0 Å². The van der Waals surface area contributed by atoms with Crippen LogP contribution in [0.25, 0.3) is 22.5 Å². The molecule has 1 saturated heterocycles. The van der Waals surface area contributed by atoms with Crippen LogP contribution in [0.1, 0.15) is 26.3 Å². The molecule has 1 aliphatic rings. The lowest BCUT2D eigenvalue weighted by molar-refractivity contribution is 0.101. The van der Waals surface area contributed by atoms with Gasteiger partial charge in [-0.05, 0) is 96.4 Å². The van der Waals surface area contributed by atoms with Gasteiger partial charge in [0.1, 0.15) is 0 Å². The lowest BCUT2D eigenvalue weighted by Gasteiger charge is -2.28. The van der Waals surface area contributed by atoms with E-state index in [-0.39, 0.29) is 11.8 Å². The summed E-state index contributed by atoms with van der Waals surface area (Å²) in [5.74, 6) is 0.279. The Labute approximate surface area is 243 Å². The van der Waals surface area contributed by atoms with E-state index in [1.165, 1.54) is 0 Å². The highest BCUT2D eigenvalue weighted by Crippen LogP contribution is 2.27. The number of carbonyl (C=O) groups is 2. The van der Waals surface area contributed by atoms with Crippen molar-refractivity contribution in [3.63, 3.8) is 0 Å². The van der Waals surface area contributed by atoms with Gasteiger partial charge >= 0.3 is 0 Å². The average Bonchev–Trinajstić information content (AvgIpc) is 3.57. The molecule has 6 rings (SSSR count). The van der Waals surface area contributed by atoms with Gasteiger partial charge in [-0.1, -0.05) is 23.4 Å². The van der Waals surface area contributed by atoms with Gasteiger partial charge in [0.25, 0.3) is 11.8 Å². The molecule has 0 unspecified atom stereocenters. The summed E-state index contributed by atoms with van der Waals surface area (Å²) >= 11 is 0. The molecule has 8 heteroatoms. The van der Waals surface area contributed by atoms with E-state index in [0.29, 0.717) is 22.6 Å². The Hall–Kier alpha value is -5.21. The number of anilines is 3. The molecule has 210 valence electrons. The molecule has 5 aromatic rings. The van der Waals surface area contributed by atoms with Gasteiger partial charge in [0.05, 0.1) is 19.4 Å². The zero-order valence-corrected chi connectivity index (χ0v) is 23.2. The molecule has 4 aromatic carbocycles. The fourth-order valence-corrected chi connectivity index (χ4v) is 5.02. The van der Waals surface area contributed by atoms with E-state index in [2.05, 4.69) is 20.7 Å². The number of carbonyl (C=O) groups excluding carboxylic acids is 2. The van der Waals surface area contributed by atoms with Gasteiger partial charge in [-0.15, -0.1) is 0 Å². The number of hydrogen-bond acceptors (Lipinski definition) is 6. The Balaban J connectivity index is 1.11. The summed E-state index contributed by atoms with van der Waals surface area (Å²) in [7, 11) is 0. The first-order valence-electron chi connectivity index (χ1n) is 13.8. The molecule has 0 saturated carbocycles. The van der Waals surface area contributed by atoms with Crippen LogP contribution < -0.4 is 15.5 Å². The van der Waals surface area contributed by atoms with Gasteiger partial charge in [0.2, 0.25) is 0 Å². The molecule has 0 bridgehead atoms. The van der Waals surface area contributed by atoms with E-state index in [1.807, 2.05) is 91.9 Å². The number of aryl methyl sites for hydroxylation is 1. The van der Waals surface area contributed by atoms with E-state index in [9.17, 15) is 9.59 Å². The lowest BCUT2D eigenvalue weighted by atomic mass is 9.96. The maximum absolute atomic E-state index is 13.0. The van der Waals surface area contributed by atoms with Gasteiger partial charge in [-0.3, -0.25) is 9.59 Å². The van der Waals surface area contributed by atoms with Crippen LogP contribution in [0.5, 0.6) is 0 Å². The highest BCUT2D eigenvalue weighted by molar-refractivity contribution is 6.06. The van der Waals surface area contributed by atoms with Crippen LogP contribution in [-0.4, -0.2) is 43.3 Å². The molecule has 1 aliphatic heterocycles. The molecular weight excluding hydrogens is 528 g/mol. The molecule has 1 fully saturated rings. The summed E-state index contributed by atoms with van der Waals surface area (Å²) in [5.41, 5.74) is 7.30. The number of morpholine rings is 1. The minimum atomic E-state index is -0.211. The van der Waals surface area contributed by atoms with E-state index >= 15 is 0 Å². The smallest absolute Gasteiger partial charge is 0.255 e. The summed E-state index contributed by atoms with van der Waals surface area (Å²) in [6.45, 7) is 5.15. The summed E-state index contributed by atoms with van der Waals surface area (Å²) in [6.07, 6.45) is 1.59. The van der Waals surface area contributed by atoms with Crippen LogP contribution in [0, 0.1) is 6.92 Å². The van der Waals surface area contributed by atoms with E-state index in [0.717, 1.165) is 59.9 Å². The number of nitrogens with zero attached hydrogens (tertiary/aromatic N) is 2. The van der Waals surface area contributed by atoms with Gasteiger partial charge in [0, 0.05) is 52.9 Å². The predicted molar refractivity (Wildman–Crippen MR) is 164 cm³/mol. The number of ether oxygens (including phenoxy) is 1. The SMILES string of the molecule is Cc1cc(C(=O)Nc2ccc(N3CCOCC3)cc2)ccc1-c1cccc(C(=O)Nc2ccc(-c3ccno3)cc2)c1. The number of aromatic nitrogens is 1. The first-order valence-corrected chi connectivity index (χ1v) is 13.8. The summed E-state index contributed by atoms with van der Waals surface area (Å²) in [5, 5.41) is 9.66. The van der Waals surface area contributed by atoms with Crippen LogP contribution in [0.15, 0.2) is 108 Å². The largest absolute Gasteiger partial charge is 0.378 e. The average molecular weight is 559 g/mol. The highest BCUT2D eigenvalue weighted by Gasteiger charge is 2.14. The fourth-order valence-electron chi connectivity index (χ4n) is 5.02. The fraction of sp³-hybridized carbons (Fsp3) is 0.147. The molecule has 42 heavy (non-hydrogen) atoms. The molecule has 0 spiro atoms. The highest BCUT2D eigenvalue weighted by atomic mass is 16.5. The van der Waals surface area contributed by atoms with Crippen molar-refractivity contribution in [3.05, 3.63) is 120 Å². The van der Waals surface area contributed by atoms with Crippen molar-refractivity contribution in [1.29, 1.82) is 0 Å². The Morgan fingerprint density at radius 2 is 1.40 bits per heavy atom. The van der Waals surface area contributed by atoms with Gasteiger partial charge in [-0.2, -0.15) is 0 Å². The topological polar surface area (TPSA) is 96.7 Å². The van der Waals surface area contributed by atoms with Gasteiger partial charge < -0.3 is 24.8 Å². The molecule has 2 heterocycles. The second-order valence-corrected chi connectivity index (χ2v) is 10.1. The molecule has 0 atom stereocenters. The van der Waals surface area contributed by atoms with Crippen LogP contribution >= 0.6 is 0 Å². The van der Waals surface area contributed by atoms with Gasteiger partial charge in [0.15, 0.2) is 5.76 Å². The zero-order valence-electron chi connectivity index (χ0n) is 23.2. The second kappa shape index (κ2) is 12.1. The van der Waals surface area contributed by atoms with Crippen molar-refractivity contribution >= 4 is 28.9 Å². The third kappa shape index (κ3) is 6.09. The van der Waals surface area contributed by atoms with Crippen LogP contribution in [0.4, 0.5) is 17.1 Å². The molecule has 0 aliphatic carbocycles. The number of benzene rings is 4. The van der Waals surface area contributed by atoms with Crippen LogP contribution in [0.3, 0.4) is 0 Å². The van der Waals surface area contributed by atoms with E-state index in [4.69, 9.17) is 9.26 Å². The minimum absolute atomic E-state index is 0.175. The van der Waals surface area contributed by atoms with Gasteiger partial charge in [-0.25, -0.2) is 0 Å². The number of hydrogen-bond donors (Lipinski definition) is 2. The van der Waals surface area contributed by atoms with Crippen molar-refractivity contribution in [2.45, 2.75) is 6.92 Å². The van der Waals surface area contributed by atoms with Crippen LogP contribution in [0.2, 0.25) is 0 Å². The normalized spacial score (nSPS) is 13.0. The number of rotatable bonds is 7. The van der Waals surface area contributed by atoms with E-state index < -0.39 is 0 Å². The zero-order chi connectivity index (χ0) is 28.9. The molecular formula is C34H30N4O4. The first kappa shape index (κ1) is 27.0. The van der Waals surface area contributed by atoms with Crippen molar-refractivity contribution in [2.75, 3.05) is 41.8 Å². The molecule has 1 aromatic heterocycles. The summed E-state index contributed by atoms with van der Waals surface area (Å²) in [4.78, 5) is 28.3. The summed E-state index contributed by atoms with van der Waals surface area (Å²) in [6, 6.07) is 30.1. The maximum atomic E-state index is 13.0. The first-order chi connectivity index (χ1) is 20.5. The number of nitrogens with one attached hydrogen (secondary N) is 2. The Bertz CT molecular complexity index is 1690. The maximum Gasteiger partial charge on any atom is 0.255 e. The molecule has 0 radical (unpaired) electrons. The molecule has 8 nitrogen and oxygen atoms in total. The van der Waals surface area contributed by atoms with Crippen LogP contribution in [-0.2, 0) is 4.74 Å². The quantitative estimate of drug-likeness (QED) is 0.232. The third-order valence-corrected chi connectivity index (χ3v) is 7.29. The monoisotopic (exact) mass is 558 g/mol. The lowest BCUT2D eigenvalue weighted by Crippen LogP contribution is -2.36.